The zero-order chi connectivity index (χ0) is 14.0. The first kappa shape index (κ1) is 14.4. The summed E-state index contributed by atoms with van der Waals surface area (Å²) in [5, 5.41) is 0. The smallest absolute Gasteiger partial charge is 0.265 e. The Hall–Kier alpha value is -0.990. The average molecular weight is 303 g/mol. The lowest BCUT2D eigenvalue weighted by Gasteiger charge is -2.18. The van der Waals surface area contributed by atoms with E-state index in [1.165, 1.54) is 21.1 Å². The predicted octanol–water partition coefficient (Wildman–Crippen LogP) is 0.252. The Morgan fingerprint density at radius 2 is 2.11 bits per heavy atom. The maximum absolute atomic E-state index is 12.5. The van der Waals surface area contributed by atoms with Crippen molar-refractivity contribution in [1.82, 2.24) is 8.87 Å². The molecule has 19 heavy (non-hydrogen) atoms. The van der Waals surface area contributed by atoms with Crippen LogP contribution in [0.3, 0.4) is 0 Å². The topological polar surface area (TPSA) is 85.4 Å². The van der Waals surface area contributed by atoms with Crippen LogP contribution in [0.4, 0.5) is 0 Å². The van der Waals surface area contributed by atoms with Gasteiger partial charge in [-0.1, -0.05) is 0 Å². The van der Waals surface area contributed by atoms with Crippen LogP contribution in [0.5, 0.6) is 0 Å². The van der Waals surface area contributed by atoms with Crippen LogP contribution >= 0.6 is 11.8 Å². The molecule has 0 aliphatic carbocycles. The van der Waals surface area contributed by atoms with Crippen molar-refractivity contribution >= 4 is 27.7 Å². The van der Waals surface area contributed by atoms with Crippen molar-refractivity contribution < 1.29 is 13.2 Å². The molecule has 8 heteroatoms. The van der Waals surface area contributed by atoms with Crippen molar-refractivity contribution in [3.05, 3.63) is 18.0 Å². The molecule has 106 valence electrons. The normalized spacial score (nSPS) is 18.2. The van der Waals surface area contributed by atoms with Gasteiger partial charge in [-0.25, -0.2) is 8.42 Å². The van der Waals surface area contributed by atoms with Gasteiger partial charge in [0.25, 0.3) is 5.91 Å². The summed E-state index contributed by atoms with van der Waals surface area (Å²) in [6, 6.07) is 1.34. The molecule has 1 saturated heterocycles. The predicted molar refractivity (Wildman–Crippen MR) is 74.6 cm³/mol. The molecule has 1 aromatic heterocycles. The molecule has 1 amide bonds. The fourth-order valence-corrected chi connectivity index (χ4v) is 4.59. The van der Waals surface area contributed by atoms with Crippen LogP contribution in [-0.4, -0.2) is 47.8 Å². The van der Waals surface area contributed by atoms with Crippen molar-refractivity contribution in [2.75, 3.05) is 24.6 Å². The third-order valence-electron chi connectivity index (χ3n) is 3.05. The maximum Gasteiger partial charge on any atom is 0.265 e. The molecule has 0 unspecified atom stereocenters. The van der Waals surface area contributed by atoms with Crippen LogP contribution in [0.1, 0.15) is 16.9 Å². The fraction of sp³-hybridized carbons (Fsp3) is 0.545. The lowest BCUT2D eigenvalue weighted by molar-refractivity contribution is 0.0992. The van der Waals surface area contributed by atoms with Gasteiger partial charge in [0.2, 0.25) is 10.0 Å². The average Bonchev–Trinajstić information content (AvgIpc) is 2.58. The highest BCUT2D eigenvalue weighted by atomic mass is 32.2. The minimum Gasteiger partial charge on any atom is -0.364 e. The third-order valence-corrected chi connectivity index (χ3v) is 5.96. The van der Waals surface area contributed by atoms with Crippen LogP contribution in [0, 0.1) is 0 Å². The van der Waals surface area contributed by atoms with Crippen LogP contribution in [0.15, 0.2) is 17.2 Å². The van der Waals surface area contributed by atoms with Crippen LogP contribution in [0.25, 0.3) is 0 Å². The van der Waals surface area contributed by atoms with E-state index in [0.29, 0.717) is 13.1 Å². The first-order valence-corrected chi connectivity index (χ1v) is 8.56. The summed E-state index contributed by atoms with van der Waals surface area (Å²) < 4.78 is 27.9. The van der Waals surface area contributed by atoms with Gasteiger partial charge in [-0.05, 0) is 18.2 Å². The first-order chi connectivity index (χ1) is 8.93. The van der Waals surface area contributed by atoms with Crippen molar-refractivity contribution in [3.63, 3.8) is 0 Å². The molecule has 1 fully saturated rings. The van der Waals surface area contributed by atoms with Gasteiger partial charge in [-0.2, -0.15) is 16.1 Å². The van der Waals surface area contributed by atoms with Gasteiger partial charge in [0, 0.05) is 32.1 Å². The van der Waals surface area contributed by atoms with Gasteiger partial charge in [0.05, 0.1) is 0 Å². The largest absolute Gasteiger partial charge is 0.364 e. The number of nitrogens with two attached hydrogens (primary N) is 1. The quantitative estimate of drug-likeness (QED) is 0.867. The van der Waals surface area contributed by atoms with E-state index < -0.39 is 15.9 Å². The Bertz CT molecular complexity index is 572. The van der Waals surface area contributed by atoms with Gasteiger partial charge in [0.15, 0.2) is 0 Å². The highest BCUT2D eigenvalue weighted by Crippen LogP contribution is 2.21. The Balaban J connectivity index is 2.33. The van der Waals surface area contributed by atoms with E-state index in [2.05, 4.69) is 0 Å². The number of rotatable bonds is 3. The van der Waals surface area contributed by atoms with Gasteiger partial charge in [-0.3, -0.25) is 4.79 Å². The second-order valence-corrected chi connectivity index (χ2v) is 7.57. The standard InChI is InChI=1S/C11H17N3O3S2/c1-13-8-9(7-10(13)11(12)15)19(16,17)14-3-2-5-18-6-4-14/h7-8H,2-6H2,1H3,(H2,12,15). The molecular weight excluding hydrogens is 286 g/mol. The third kappa shape index (κ3) is 2.96. The molecule has 0 spiro atoms. The van der Waals surface area contributed by atoms with E-state index in [1.54, 1.807) is 18.8 Å². The fourth-order valence-electron chi connectivity index (χ4n) is 2.03. The minimum atomic E-state index is -3.53. The summed E-state index contributed by atoms with van der Waals surface area (Å²) in [5.41, 5.74) is 5.40. The monoisotopic (exact) mass is 303 g/mol. The molecule has 1 aliphatic heterocycles. The van der Waals surface area contributed by atoms with Crippen molar-refractivity contribution in [1.29, 1.82) is 0 Å². The summed E-state index contributed by atoms with van der Waals surface area (Å²) in [5.74, 6) is 1.15. The van der Waals surface area contributed by atoms with E-state index in [4.69, 9.17) is 5.73 Å². The molecule has 0 radical (unpaired) electrons. The Kier molecular flexibility index (Phi) is 4.22. The molecule has 2 heterocycles. The number of aryl methyl sites for hydroxylation is 1. The number of carbonyl (C=O) groups is 1. The molecular formula is C11H17N3O3S2. The summed E-state index contributed by atoms with van der Waals surface area (Å²) in [6.45, 7) is 1.03. The molecule has 2 rings (SSSR count). The molecule has 0 atom stereocenters. The van der Waals surface area contributed by atoms with Crippen LogP contribution in [0.2, 0.25) is 0 Å². The zero-order valence-electron chi connectivity index (χ0n) is 10.7. The zero-order valence-corrected chi connectivity index (χ0v) is 12.3. The van der Waals surface area contributed by atoms with Crippen molar-refractivity contribution in [2.24, 2.45) is 12.8 Å². The number of nitrogens with zero attached hydrogens (tertiary/aromatic N) is 2. The molecule has 6 nitrogen and oxygen atoms in total. The number of aromatic nitrogens is 1. The molecule has 1 aromatic rings. The van der Waals surface area contributed by atoms with Crippen molar-refractivity contribution in [2.45, 2.75) is 11.3 Å². The highest BCUT2D eigenvalue weighted by molar-refractivity contribution is 7.99. The number of thioether (sulfide) groups is 1. The number of hydrogen-bond acceptors (Lipinski definition) is 4. The van der Waals surface area contributed by atoms with E-state index >= 15 is 0 Å². The number of carbonyl (C=O) groups excluding carboxylic acids is 1. The second-order valence-electron chi connectivity index (χ2n) is 4.41. The molecule has 2 N–H and O–H groups in total. The summed E-state index contributed by atoms with van der Waals surface area (Å²) >= 11 is 1.76. The summed E-state index contributed by atoms with van der Waals surface area (Å²) in [4.78, 5) is 11.3. The van der Waals surface area contributed by atoms with Gasteiger partial charge in [0.1, 0.15) is 10.6 Å². The van der Waals surface area contributed by atoms with Crippen LogP contribution in [-0.2, 0) is 17.1 Å². The Labute approximate surface area is 117 Å². The number of sulfonamides is 1. The van der Waals surface area contributed by atoms with Crippen LogP contribution < -0.4 is 5.73 Å². The number of hydrogen-bond donors (Lipinski definition) is 1. The molecule has 0 saturated carbocycles. The van der Waals surface area contributed by atoms with E-state index in [1.807, 2.05) is 0 Å². The molecule has 1 aliphatic rings. The van der Waals surface area contributed by atoms with Gasteiger partial charge >= 0.3 is 0 Å². The van der Waals surface area contributed by atoms with Gasteiger partial charge in [-0.15, -0.1) is 0 Å². The highest BCUT2D eigenvalue weighted by Gasteiger charge is 2.27. The summed E-state index contributed by atoms with van der Waals surface area (Å²) in [6.07, 6.45) is 2.28. The minimum absolute atomic E-state index is 0.135. The second kappa shape index (κ2) is 5.56. The number of amides is 1. The SMILES string of the molecule is Cn1cc(S(=O)(=O)N2CCCSCC2)cc1C(N)=O. The van der Waals surface area contributed by atoms with E-state index in [9.17, 15) is 13.2 Å². The van der Waals surface area contributed by atoms with E-state index in [0.717, 1.165) is 17.9 Å². The van der Waals surface area contributed by atoms with Crippen molar-refractivity contribution in [3.8, 4) is 0 Å². The Morgan fingerprint density at radius 3 is 2.74 bits per heavy atom. The first-order valence-electron chi connectivity index (χ1n) is 5.97. The lowest BCUT2D eigenvalue weighted by Crippen LogP contribution is -2.32. The lowest BCUT2D eigenvalue weighted by atomic mass is 10.4. The summed E-state index contributed by atoms with van der Waals surface area (Å²) in [7, 11) is -1.92. The Morgan fingerprint density at radius 1 is 1.37 bits per heavy atom. The van der Waals surface area contributed by atoms with E-state index in [-0.39, 0.29) is 10.6 Å². The number of primary amides is 1. The molecule has 0 bridgehead atoms. The van der Waals surface area contributed by atoms with Gasteiger partial charge < -0.3 is 10.3 Å². The maximum atomic E-state index is 12.5. The molecule has 0 aromatic carbocycles.